The van der Waals surface area contributed by atoms with Gasteiger partial charge in [0.2, 0.25) is 5.91 Å². The molecule has 0 fully saturated rings. The Balaban J connectivity index is 1.64. The summed E-state index contributed by atoms with van der Waals surface area (Å²) < 4.78 is 15.6. The van der Waals surface area contributed by atoms with Gasteiger partial charge in [0.1, 0.15) is 12.4 Å². The van der Waals surface area contributed by atoms with Gasteiger partial charge >= 0.3 is 5.97 Å². The Hall–Kier alpha value is -2.97. The van der Waals surface area contributed by atoms with Crippen molar-refractivity contribution in [3.63, 3.8) is 0 Å². The zero-order valence-corrected chi connectivity index (χ0v) is 17.7. The van der Waals surface area contributed by atoms with E-state index in [1.54, 1.807) is 25.3 Å². The normalized spacial score (nSPS) is 10.2. The second-order valence-electron chi connectivity index (χ2n) is 6.33. The highest BCUT2D eigenvalue weighted by atomic mass is 32.1. The molecule has 2 aromatic rings. The Kier molecular flexibility index (Phi) is 10.3. The van der Waals surface area contributed by atoms with Crippen molar-refractivity contribution >= 4 is 34.9 Å². The molecule has 0 bridgehead atoms. The van der Waals surface area contributed by atoms with Crippen LogP contribution in [0.25, 0.3) is 0 Å². The van der Waals surface area contributed by atoms with E-state index in [0.29, 0.717) is 31.1 Å². The average Bonchev–Trinajstić information content (AvgIpc) is 2.73. The van der Waals surface area contributed by atoms with Gasteiger partial charge in [0.25, 0.3) is 0 Å². The lowest BCUT2D eigenvalue weighted by molar-refractivity contribution is -0.144. The molecule has 1 amide bonds. The number of nitrogens with one attached hydrogen (secondary N) is 2. The Labute approximate surface area is 181 Å². The van der Waals surface area contributed by atoms with Crippen LogP contribution in [0.15, 0.2) is 54.6 Å². The van der Waals surface area contributed by atoms with Crippen LogP contribution in [-0.4, -0.2) is 43.9 Å². The highest BCUT2D eigenvalue weighted by molar-refractivity contribution is 7.80. The van der Waals surface area contributed by atoms with Crippen LogP contribution in [0, 0.1) is 0 Å². The number of hydrogen-bond acceptors (Lipinski definition) is 6. The number of anilines is 1. The topological polar surface area (TPSA) is 85.9 Å². The predicted octanol–water partition coefficient (Wildman–Crippen LogP) is 3.09. The van der Waals surface area contributed by atoms with Crippen LogP contribution in [0.2, 0.25) is 0 Å². The summed E-state index contributed by atoms with van der Waals surface area (Å²) in [5.74, 6) is -0.120. The Morgan fingerprint density at radius 1 is 0.967 bits per heavy atom. The maximum Gasteiger partial charge on any atom is 0.306 e. The summed E-state index contributed by atoms with van der Waals surface area (Å²) in [5, 5.41) is 5.61. The quantitative estimate of drug-likeness (QED) is 0.322. The van der Waals surface area contributed by atoms with Crippen molar-refractivity contribution in [1.29, 1.82) is 0 Å². The van der Waals surface area contributed by atoms with Crippen molar-refractivity contribution in [2.24, 2.45) is 0 Å². The number of rotatable bonds is 11. The molecule has 0 aliphatic rings. The van der Waals surface area contributed by atoms with Crippen LogP contribution in [0.1, 0.15) is 18.4 Å². The SMILES string of the molecule is COCCOc1cccc(NC(=S)NC(=O)CCC(=O)OCCc2ccccc2)c1. The van der Waals surface area contributed by atoms with Gasteiger partial charge in [-0.1, -0.05) is 36.4 Å². The molecule has 0 saturated heterocycles. The van der Waals surface area contributed by atoms with E-state index in [1.807, 2.05) is 36.4 Å². The molecule has 0 radical (unpaired) electrons. The minimum Gasteiger partial charge on any atom is -0.491 e. The van der Waals surface area contributed by atoms with Crippen molar-refractivity contribution in [3.05, 3.63) is 60.2 Å². The van der Waals surface area contributed by atoms with Crippen molar-refractivity contribution in [2.45, 2.75) is 19.3 Å². The minimum atomic E-state index is -0.416. The molecule has 160 valence electrons. The number of thiocarbonyl (C=S) groups is 1. The highest BCUT2D eigenvalue weighted by Crippen LogP contribution is 2.17. The van der Waals surface area contributed by atoms with Gasteiger partial charge in [-0.3, -0.25) is 9.59 Å². The Bertz CT molecular complexity index is 829. The number of methoxy groups -OCH3 is 1. The molecule has 30 heavy (non-hydrogen) atoms. The van der Waals surface area contributed by atoms with Gasteiger partial charge in [0, 0.05) is 31.7 Å². The smallest absolute Gasteiger partial charge is 0.306 e. The van der Waals surface area contributed by atoms with Crippen LogP contribution < -0.4 is 15.4 Å². The molecule has 2 rings (SSSR count). The first-order chi connectivity index (χ1) is 14.6. The molecule has 0 aliphatic carbocycles. The fourth-order valence-corrected chi connectivity index (χ4v) is 2.70. The first-order valence-corrected chi connectivity index (χ1v) is 10.00. The van der Waals surface area contributed by atoms with Crippen molar-refractivity contribution in [1.82, 2.24) is 5.32 Å². The molecule has 0 heterocycles. The van der Waals surface area contributed by atoms with Gasteiger partial charge in [-0.05, 0) is 29.9 Å². The second-order valence-corrected chi connectivity index (χ2v) is 6.74. The molecule has 0 saturated carbocycles. The van der Waals surface area contributed by atoms with Crippen LogP contribution in [0.4, 0.5) is 5.69 Å². The molecular formula is C22H26N2O5S. The van der Waals surface area contributed by atoms with Gasteiger partial charge < -0.3 is 24.8 Å². The van der Waals surface area contributed by atoms with Gasteiger partial charge in [-0.25, -0.2) is 0 Å². The summed E-state index contributed by atoms with van der Waals surface area (Å²) in [6.45, 7) is 1.20. The number of carbonyl (C=O) groups is 2. The monoisotopic (exact) mass is 430 g/mol. The van der Waals surface area contributed by atoms with Crippen molar-refractivity contribution < 1.29 is 23.8 Å². The van der Waals surface area contributed by atoms with Crippen LogP contribution >= 0.6 is 12.2 Å². The summed E-state index contributed by atoms with van der Waals surface area (Å²) >= 11 is 5.15. The van der Waals surface area contributed by atoms with E-state index < -0.39 is 5.97 Å². The van der Waals surface area contributed by atoms with E-state index in [1.165, 1.54) is 0 Å². The number of carbonyl (C=O) groups excluding carboxylic acids is 2. The standard InChI is InChI=1S/C22H26N2O5S/c1-27-14-15-28-19-9-5-8-18(16-19)23-22(30)24-20(25)10-11-21(26)29-13-12-17-6-3-2-4-7-17/h2-9,16H,10-15H2,1H3,(H2,23,24,25,30). The summed E-state index contributed by atoms with van der Waals surface area (Å²) in [6, 6.07) is 16.9. The molecule has 7 nitrogen and oxygen atoms in total. The molecule has 0 unspecified atom stereocenters. The number of amides is 1. The summed E-state index contributed by atoms with van der Waals surface area (Å²) in [7, 11) is 1.60. The molecule has 0 aromatic heterocycles. The number of benzene rings is 2. The third-order valence-corrected chi connectivity index (χ3v) is 4.16. The summed E-state index contributed by atoms with van der Waals surface area (Å²) in [6.07, 6.45) is 0.624. The minimum absolute atomic E-state index is 0.00778. The number of hydrogen-bond donors (Lipinski definition) is 2. The van der Waals surface area contributed by atoms with E-state index in [9.17, 15) is 9.59 Å². The predicted molar refractivity (Wildman–Crippen MR) is 119 cm³/mol. The zero-order chi connectivity index (χ0) is 21.6. The van der Waals surface area contributed by atoms with Crippen LogP contribution in [0.3, 0.4) is 0 Å². The lowest BCUT2D eigenvalue weighted by atomic mass is 10.2. The number of ether oxygens (including phenoxy) is 3. The van der Waals surface area contributed by atoms with E-state index in [0.717, 1.165) is 5.56 Å². The van der Waals surface area contributed by atoms with Crippen molar-refractivity contribution in [3.8, 4) is 5.75 Å². The Morgan fingerprint density at radius 2 is 1.77 bits per heavy atom. The maximum absolute atomic E-state index is 12.0. The van der Waals surface area contributed by atoms with Gasteiger partial charge in [-0.2, -0.15) is 0 Å². The van der Waals surface area contributed by atoms with Crippen LogP contribution in [-0.2, 0) is 25.5 Å². The largest absolute Gasteiger partial charge is 0.491 e. The van der Waals surface area contributed by atoms with Gasteiger partial charge in [0.05, 0.1) is 19.6 Å². The fourth-order valence-electron chi connectivity index (χ4n) is 2.47. The van der Waals surface area contributed by atoms with E-state index in [4.69, 9.17) is 26.4 Å². The van der Waals surface area contributed by atoms with Crippen LogP contribution in [0.5, 0.6) is 5.75 Å². The second kappa shape index (κ2) is 13.3. The first-order valence-electron chi connectivity index (χ1n) is 9.59. The molecule has 0 aliphatic heterocycles. The summed E-state index contributed by atoms with van der Waals surface area (Å²) in [4.78, 5) is 23.8. The molecular weight excluding hydrogens is 404 g/mol. The molecule has 2 aromatic carbocycles. The van der Waals surface area contributed by atoms with E-state index in [2.05, 4.69) is 10.6 Å². The molecule has 0 atom stereocenters. The number of esters is 1. The fraction of sp³-hybridized carbons (Fsp3) is 0.318. The van der Waals surface area contributed by atoms with Gasteiger partial charge in [-0.15, -0.1) is 0 Å². The summed E-state index contributed by atoms with van der Waals surface area (Å²) in [5.41, 5.74) is 1.77. The van der Waals surface area contributed by atoms with E-state index >= 15 is 0 Å². The first kappa shape index (κ1) is 23.3. The average molecular weight is 431 g/mol. The third-order valence-electron chi connectivity index (χ3n) is 3.95. The van der Waals surface area contributed by atoms with E-state index in [-0.39, 0.29) is 30.5 Å². The molecule has 0 spiro atoms. The van der Waals surface area contributed by atoms with Crippen molar-refractivity contribution in [2.75, 3.05) is 32.2 Å². The third kappa shape index (κ3) is 9.49. The van der Waals surface area contributed by atoms with Gasteiger partial charge in [0.15, 0.2) is 5.11 Å². The molecule has 2 N–H and O–H groups in total. The lowest BCUT2D eigenvalue weighted by Gasteiger charge is -2.11. The maximum atomic E-state index is 12.0. The lowest BCUT2D eigenvalue weighted by Crippen LogP contribution is -2.34. The molecule has 8 heteroatoms. The zero-order valence-electron chi connectivity index (χ0n) is 16.9. The highest BCUT2D eigenvalue weighted by Gasteiger charge is 2.10. The Morgan fingerprint density at radius 3 is 2.53 bits per heavy atom.